The number of anilines is 2. The maximum absolute atomic E-state index is 11.1. The first-order valence-corrected chi connectivity index (χ1v) is 11.2. The molecule has 0 bridgehead atoms. The highest BCUT2D eigenvalue weighted by Gasteiger charge is 2.00. The van der Waals surface area contributed by atoms with E-state index >= 15 is 0 Å². The molecule has 0 saturated carbocycles. The van der Waals surface area contributed by atoms with Crippen molar-refractivity contribution in [1.29, 1.82) is 0 Å². The molecule has 2 N–H and O–H groups in total. The Labute approximate surface area is 195 Å². The summed E-state index contributed by atoms with van der Waals surface area (Å²) >= 11 is 0. The van der Waals surface area contributed by atoms with Crippen LogP contribution in [0.1, 0.15) is 72.4 Å². The van der Waals surface area contributed by atoms with Crippen molar-refractivity contribution in [2.45, 2.75) is 68.2 Å². The molecular weight excluding hydrogens is 396 g/mol. The molecule has 0 aliphatic carbocycles. The van der Waals surface area contributed by atoms with E-state index in [0.717, 1.165) is 11.4 Å². The van der Waals surface area contributed by atoms with Crippen LogP contribution in [0.3, 0.4) is 0 Å². The smallest absolute Gasteiger partial charge is 0.300 e. The summed E-state index contributed by atoms with van der Waals surface area (Å²) < 4.78 is 0. The molecule has 0 heterocycles. The van der Waals surface area contributed by atoms with Gasteiger partial charge >= 0.3 is 0 Å². The highest BCUT2D eigenvalue weighted by molar-refractivity contribution is 6.03. The van der Waals surface area contributed by atoms with E-state index in [4.69, 9.17) is 0 Å². The fraction of sp³-hybridized carbons (Fsp3) is 0.357. The first-order valence-electron chi connectivity index (χ1n) is 11.2. The van der Waals surface area contributed by atoms with Crippen molar-refractivity contribution in [3.63, 3.8) is 0 Å². The lowest BCUT2D eigenvalue weighted by molar-refractivity contribution is -0.112. The summed E-state index contributed by atoms with van der Waals surface area (Å²) in [5, 5.41) is 5.44. The minimum atomic E-state index is -0.269. The van der Waals surface area contributed by atoms with Crippen LogP contribution >= 0.6 is 0 Å². The average molecular weight is 437 g/mol. The number of hydrogen-bond donors (Lipinski definition) is 2. The minimum absolute atomic E-state index is 0.0913. The lowest BCUT2D eigenvalue weighted by Gasteiger charge is -2.06. The second-order valence-electron chi connectivity index (χ2n) is 6.46. The predicted molar refractivity (Wildman–Crippen MR) is 140 cm³/mol. The molecule has 0 aliphatic rings. The van der Waals surface area contributed by atoms with Crippen LogP contribution in [0.25, 0.3) is 0 Å². The summed E-state index contributed by atoms with van der Waals surface area (Å²) in [5.41, 5.74) is 4.06. The van der Waals surface area contributed by atoms with Gasteiger partial charge in [0, 0.05) is 11.4 Å². The Morgan fingerprint density at radius 3 is 1.75 bits per heavy atom. The summed E-state index contributed by atoms with van der Waals surface area (Å²) in [5.74, 6) is 5.13. The molecule has 4 heteroatoms. The summed E-state index contributed by atoms with van der Waals surface area (Å²) in [6.45, 7) is 17.7. The van der Waals surface area contributed by atoms with Gasteiger partial charge in [-0.3, -0.25) is 9.59 Å². The monoisotopic (exact) mass is 436 g/mol. The van der Waals surface area contributed by atoms with Crippen molar-refractivity contribution in [3.8, 4) is 11.8 Å². The van der Waals surface area contributed by atoms with Crippen molar-refractivity contribution < 1.29 is 9.59 Å². The van der Waals surface area contributed by atoms with Crippen LogP contribution < -0.4 is 10.6 Å². The van der Waals surface area contributed by atoms with Crippen molar-refractivity contribution in [2.75, 3.05) is 10.6 Å². The van der Waals surface area contributed by atoms with Gasteiger partial charge in [0.15, 0.2) is 0 Å². The van der Waals surface area contributed by atoms with Crippen molar-refractivity contribution in [1.82, 2.24) is 0 Å². The van der Waals surface area contributed by atoms with Gasteiger partial charge in [-0.15, -0.1) is 0 Å². The summed E-state index contributed by atoms with van der Waals surface area (Å²) in [7, 11) is 0. The summed E-state index contributed by atoms with van der Waals surface area (Å²) in [6, 6.07) is 15.5. The number of hydrogen-bond acceptors (Lipinski definition) is 2. The fourth-order valence-electron chi connectivity index (χ4n) is 2.20. The van der Waals surface area contributed by atoms with E-state index < -0.39 is 0 Å². The second-order valence-corrected chi connectivity index (χ2v) is 6.46. The average Bonchev–Trinajstić information content (AvgIpc) is 2.79. The molecule has 4 nitrogen and oxygen atoms in total. The molecule has 32 heavy (non-hydrogen) atoms. The van der Waals surface area contributed by atoms with Crippen LogP contribution in [0.15, 0.2) is 60.7 Å². The lowest BCUT2D eigenvalue weighted by Crippen LogP contribution is -2.08. The molecule has 2 aromatic carbocycles. The number of allylic oxidation sites excluding steroid dienone is 1. The number of carbonyl (C=O) groups excluding carboxylic acids is 2. The Hall–Kier alpha value is -3.32. The third-order valence-corrected chi connectivity index (χ3v) is 3.71. The van der Waals surface area contributed by atoms with Crippen LogP contribution in [-0.2, 0) is 9.59 Å². The molecule has 0 unspecified atom stereocenters. The Morgan fingerprint density at radius 2 is 1.31 bits per heavy atom. The SMILES string of the molecule is C/C=C/C(=O)Nc1ccc(C)cc1.CC.CC.CC#CC(=O)Nc1ccc(C(C)C)cc1. The van der Waals surface area contributed by atoms with Crippen LogP contribution in [-0.4, -0.2) is 11.8 Å². The van der Waals surface area contributed by atoms with Crippen molar-refractivity contribution >= 4 is 23.2 Å². The third kappa shape index (κ3) is 14.6. The molecule has 2 amide bonds. The van der Waals surface area contributed by atoms with Crippen LogP contribution in [0.2, 0.25) is 0 Å². The van der Waals surface area contributed by atoms with E-state index in [1.165, 1.54) is 17.2 Å². The number of nitrogens with one attached hydrogen (secondary N) is 2. The van der Waals surface area contributed by atoms with Gasteiger partial charge in [0.1, 0.15) is 0 Å². The normalized spacial score (nSPS) is 8.94. The fourth-order valence-corrected chi connectivity index (χ4v) is 2.20. The van der Waals surface area contributed by atoms with Gasteiger partial charge in [-0.25, -0.2) is 0 Å². The summed E-state index contributed by atoms with van der Waals surface area (Å²) in [4.78, 5) is 22.2. The van der Waals surface area contributed by atoms with Gasteiger partial charge in [0.2, 0.25) is 5.91 Å². The maximum atomic E-state index is 11.1. The van der Waals surface area contributed by atoms with E-state index in [1.54, 1.807) is 13.0 Å². The summed E-state index contributed by atoms with van der Waals surface area (Å²) in [6.07, 6.45) is 3.21. The van der Waals surface area contributed by atoms with E-state index in [1.807, 2.05) is 90.1 Å². The second kappa shape index (κ2) is 19.6. The molecule has 0 spiro atoms. The molecule has 2 rings (SSSR count). The van der Waals surface area contributed by atoms with Crippen LogP contribution in [0.4, 0.5) is 11.4 Å². The van der Waals surface area contributed by atoms with Gasteiger partial charge in [0.05, 0.1) is 0 Å². The number of aryl methyl sites for hydroxylation is 1. The van der Waals surface area contributed by atoms with E-state index in [9.17, 15) is 9.59 Å². The molecule has 0 fully saturated rings. The molecule has 2 aromatic rings. The standard InChI is InChI=1S/C13H15NO.C11H13NO.2C2H6/c1-4-5-13(15)14-12-8-6-11(7-9-12)10(2)3;1-3-4-11(13)12-10-7-5-9(2)6-8-10;2*1-2/h6-10H,1-3H3,(H,14,15);3-8H,1-2H3,(H,12,13);2*1-2H3/b;4-3+;;. The van der Waals surface area contributed by atoms with E-state index in [2.05, 4.69) is 36.3 Å². The first-order chi connectivity index (χ1) is 15.3. The first kappa shape index (κ1) is 30.9. The predicted octanol–water partition coefficient (Wildman–Crippen LogP) is 7.33. The topological polar surface area (TPSA) is 58.2 Å². The molecule has 0 atom stereocenters. The zero-order valence-corrected chi connectivity index (χ0v) is 21.2. The van der Waals surface area contributed by atoms with Crippen molar-refractivity contribution in [2.24, 2.45) is 0 Å². The Bertz CT molecular complexity index is 853. The maximum Gasteiger partial charge on any atom is 0.300 e. The zero-order chi connectivity index (χ0) is 24.9. The van der Waals surface area contributed by atoms with Gasteiger partial charge in [-0.2, -0.15) is 0 Å². The number of benzene rings is 2. The van der Waals surface area contributed by atoms with Crippen LogP contribution in [0.5, 0.6) is 0 Å². The third-order valence-electron chi connectivity index (χ3n) is 3.71. The molecular formula is C28H40N2O2. The number of rotatable bonds is 4. The van der Waals surface area contributed by atoms with Crippen LogP contribution in [0, 0.1) is 18.8 Å². The van der Waals surface area contributed by atoms with Gasteiger partial charge in [0.25, 0.3) is 5.91 Å². The van der Waals surface area contributed by atoms with Crippen molar-refractivity contribution in [3.05, 3.63) is 71.8 Å². The minimum Gasteiger partial charge on any atom is -0.323 e. The molecule has 174 valence electrons. The number of amides is 2. The van der Waals surface area contributed by atoms with E-state index in [-0.39, 0.29) is 11.8 Å². The zero-order valence-electron chi connectivity index (χ0n) is 21.2. The Morgan fingerprint density at radius 1 is 0.844 bits per heavy atom. The highest BCUT2D eigenvalue weighted by Crippen LogP contribution is 2.16. The molecule has 0 aliphatic heterocycles. The van der Waals surface area contributed by atoms with Gasteiger partial charge < -0.3 is 10.6 Å². The molecule has 0 saturated heterocycles. The Balaban J connectivity index is 0. The van der Waals surface area contributed by atoms with Gasteiger partial charge in [-0.1, -0.05) is 83.4 Å². The highest BCUT2D eigenvalue weighted by atomic mass is 16.2. The molecule has 0 aromatic heterocycles. The lowest BCUT2D eigenvalue weighted by atomic mass is 10.0. The van der Waals surface area contributed by atoms with Gasteiger partial charge in [-0.05, 0) is 68.5 Å². The largest absolute Gasteiger partial charge is 0.323 e. The number of carbonyl (C=O) groups is 2. The Kier molecular flexibility index (Phi) is 18.9. The quantitative estimate of drug-likeness (QED) is 0.389. The molecule has 0 radical (unpaired) electrons. The van der Waals surface area contributed by atoms with E-state index in [0.29, 0.717) is 5.92 Å².